The van der Waals surface area contributed by atoms with Gasteiger partial charge in [-0.1, -0.05) is 18.2 Å². The van der Waals surface area contributed by atoms with Crippen LogP contribution in [0.3, 0.4) is 0 Å². The number of carbonyl (C=O) groups is 1. The van der Waals surface area contributed by atoms with Gasteiger partial charge in [-0.05, 0) is 24.6 Å². The summed E-state index contributed by atoms with van der Waals surface area (Å²) in [4.78, 5) is 11.1. The van der Waals surface area contributed by atoms with E-state index in [0.29, 0.717) is 17.9 Å². The Morgan fingerprint density at radius 2 is 2.35 bits per heavy atom. The van der Waals surface area contributed by atoms with Crippen molar-refractivity contribution in [2.24, 2.45) is 0 Å². The molecule has 0 fully saturated rings. The van der Waals surface area contributed by atoms with Crippen molar-refractivity contribution in [3.8, 4) is 6.07 Å². The SMILES string of the molecule is CCOC(=O)CC=Cc1ccc(C#N)c(N)c1. The molecule has 0 aliphatic carbocycles. The third-order valence-electron chi connectivity index (χ3n) is 2.10. The molecule has 2 N–H and O–H groups in total. The second-order valence-electron chi connectivity index (χ2n) is 3.37. The Morgan fingerprint density at radius 3 is 2.94 bits per heavy atom. The minimum Gasteiger partial charge on any atom is -0.466 e. The number of anilines is 1. The fraction of sp³-hybridized carbons (Fsp3) is 0.231. The highest BCUT2D eigenvalue weighted by atomic mass is 16.5. The topological polar surface area (TPSA) is 76.1 Å². The quantitative estimate of drug-likeness (QED) is 0.634. The van der Waals surface area contributed by atoms with Gasteiger partial charge >= 0.3 is 5.97 Å². The summed E-state index contributed by atoms with van der Waals surface area (Å²) < 4.78 is 4.78. The fourth-order valence-electron chi connectivity index (χ4n) is 1.30. The zero-order valence-electron chi connectivity index (χ0n) is 9.64. The number of hydrogen-bond acceptors (Lipinski definition) is 4. The molecule has 0 unspecified atom stereocenters. The maximum Gasteiger partial charge on any atom is 0.309 e. The Bertz CT molecular complexity index is 473. The molecule has 0 saturated carbocycles. The number of nitriles is 1. The number of carbonyl (C=O) groups excluding carboxylic acids is 1. The van der Waals surface area contributed by atoms with Gasteiger partial charge in [0.1, 0.15) is 6.07 Å². The van der Waals surface area contributed by atoms with E-state index in [9.17, 15) is 4.79 Å². The molecule has 1 aromatic rings. The van der Waals surface area contributed by atoms with Gasteiger partial charge in [0.25, 0.3) is 0 Å². The molecule has 0 radical (unpaired) electrons. The van der Waals surface area contributed by atoms with Gasteiger partial charge in [0.05, 0.1) is 24.3 Å². The first-order valence-electron chi connectivity index (χ1n) is 5.29. The highest BCUT2D eigenvalue weighted by Gasteiger charge is 1.99. The molecule has 0 heterocycles. The zero-order chi connectivity index (χ0) is 12.7. The van der Waals surface area contributed by atoms with Gasteiger partial charge in [-0.25, -0.2) is 0 Å². The maximum atomic E-state index is 11.1. The molecule has 17 heavy (non-hydrogen) atoms. The van der Waals surface area contributed by atoms with E-state index in [-0.39, 0.29) is 12.4 Å². The Morgan fingerprint density at radius 1 is 1.59 bits per heavy atom. The number of nitrogens with two attached hydrogens (primary N) is 1. The number of hydrogen-bond donors (Lipinski definition) is 1. The van der Waals surface area contributed by atoms with Crippen LogP contribution in [0.1, 0.15) is 24.5 Å². The van der Waals surface area contributed by atoms with Gasteiger partial charge in [-0.15, -0.1) is 0 Å². The number of nitrogens with zero attached hydrogens (tertiary/aromatic N) is 1. The zero-order valence-corrected chi connectivity index (χ0v) is 9.64. The Hall–Kier alpha value is -2.28. The first-order chi connectivity index (χ1) is 8.17. The molecule has 0 bridgehead atoms. The van der Waals surface area contributed by atoms with Gasteiger partial charge in [0, 0.05) is 0 Å². The summed E-state index contributed by atoms with van der Waals surface area (Å²) >= 11 is 0. The van der Waals surface area contributed by atoms with Crippen LogP contribution in [-0.2, 0) is 9.53 Å². The van der Waals surface area contributed by atoms with Gasteiger partial charge < -0.3 is 10.5 Å². The van der Waals surface area contributed by atoms with Crippen LogP contribution in [0.15, 0.2) is 24.3 Å². The normalized spacial score (nSPS) is 10.1. The summed E-state index contributed by atoms with van der Waals surface area (Å²) in [6.45, 7) is 2.15. The molecular weight excluding hydrogens is 216 g/mol. The standard InChI is InChI=1S/C13H14N2O2/c1-2-17-13(16)5-3-4-10-6-7-11(9-14)12(15)8-10/h3-4,6-8H,2,5,15H2,1H3. The molecule has 4 nitrogen and oxygen atoms in total. The molecule has 4 heteroatoms. The highest BCUT2D eigenvalue weighted by molar-refractivity contribution is 5.73. The molecule has 0 aromatic heterocycles. The molecule has 0 aliphatic heterocycles. The predicted octanol–water partition coefficient (Wildman–Crippen LogP) is 2.11. The molecule has 0 amide bonds. The Kier molecular flexibility index (Phi) is 4.77. The third kappa shape index (κ3) is 3.99. The highest BCUT2D eigenvalue weighted by Crippen LogP contribution is 2.14. The van der Waals surface area contributed by atoms with Crippen molar-refractivity contribution in [1.29, 1.82) is 5.26 Å². The lowest BCUT2D eigenvalue weighted by Crippen LogP contribution is -2.01. The minimum atomic E-state index is -0.259. The smallest absolute Gasteiger partial charge is 0.309 e. The van der Waals surface area contributed by atoms with E-state index in [1.165, 1.54) is 0 Å². The molecule has 0 atom stereocenters. The van der Waals surface area contributed by atoms with Crippen LogP contribution in [-0.4, -0.2) is 12.6 Å². The van der Waals surface area contributed by atoms with Crippen LogP contribution in [0.5, 0.6) is 0 Å². The summed E-state index contributed by atoms with van der Waals surface area (Å²) in [7, 11) is 0. The fourth-order valence-corrected chi connectivity index (χ4v) is 1.30. The predicted molar refractivity (Wildman–Crippen MR) is 65.9 cm³/mol. The Labute approximate surface area is 100 Å². The molecule has 0 aliphatic rings. The number of rotatable bonds is 4. The first-order valence-corrected chi connectivity index (χ1v) is 5.29. The van der Waals surface area contributed by atoms with Crippen LogP contribution in [0, 0.1) is 11.3 Å². The van der Waals surface area contributed by atoms with Crippen molar-refractivity contribution in [3.05, 3.63) is 35.4 Å². The molecule has 0 saturated heterocycles. The van der Waals surface area contributed by atoms with Crippen molar-refractivity contribution in [3.63, 3.8) is 0 Å². The average molecular weight is 230 g/mol. The van der Waals surface area contributed by atoms with Crippen molar-refractivity contribution < 1.29 is 9.53 Å². The lowest BCUT2D eigenvalue weighted by molar-refractivity contribution is -0.142. The maximum absolute atomic E-state index is 11.1. The summed E-state index contributed by atoms with van der Waals surface area (Å²) in [5.41, 5.74) is 7.40. The van der Waals surface area contributed by atoms with Crippen LogP contribution < -0.4 is 5.73 Å². The van der Waals surface area contributed by atoms with E-state index < -0.39 is 0 Å². The molecule has 1 aromatic carbocycles. The number of esters is 1. The van der Waals surface area contributed by atoms with E-state index in [4.69, 9.17) is 15.7 Å². The second-order valence-corrected chi connectivity index (χ2v) is 3.37. The van der Waals surface area contributed by atoms with Crippen molar-refractivity contribution in [1.82, 2.24) is 0 Å². The van der Waals surface area contributed by atoms with Crippen molar-refractivity contribution >= 4 is 17.7 Å². The van der Waals surface area contributed by atoms with Crippen molar-refractivity contribution in [2.75, 3.05) is 12.3 Å². The largest absolute Gasteiger partial charge is 0.466 e. The second kappa shape index (κ2) is 6.33. The summed E-state index contributed by atoms with van der Waals surface area (Å²) in [6.07, 6.45) is 3.71. The Balaban J connectivity index is 2.64. The molecule has 1 rings (SSSR count). The minimum absolute atomic E-state index is 0.230. The molecule has 88 valence electrons. The van der Waals surface area contributed by atoms with E-state index in [0.717, 1.165) is 5.56 Å². The molecule has 0 spiro atoms. The van der Waals surface area contributed by atoms with Gasteiger partial charge in [0.2, 0.25) is 0 Å². The van der Waals surface area contributed by atoms with Crippen LogP contribution in [0.2, 0.25) is 0 Å². The number of ether oxygens (including phenoxy) is 1. The van der Waals surface area contributed by atoms with Crippen LogP contribution in [0.4, 0.5) is 5.69 Å². The van der Waals surface area contributed by atoms with E-state index in [2.05, 4.69) is 0 Å². The lowest BCUT2D eigenvalue weighted by Gasteiger charge is -1.99. The lowest BCUT2D eigenvalue weighted by atomic mass is 10.1. The summed E-state index contributed by atoms with van der Waals surface area (Å²) in [5.74, 6) is -0.259. The van der Waals surface area contributed by atoms with Gasteiger partial charge in [-0.2, -0.15) is 5.26 Å². The molecular formula is C13H14N2O2. The van der Waals surface area contributed by atoms with Gasteiger partial charge in [0.15, 0.2) is 0 Å². The third-order valence-corrected chi connectivity index (χ3v) is 2.10. The van der Waals surface area contributed by atoms with Crippen molar-refractivity contribution in [2.45, 2.75) is 13.3 Å². The van der Waals surface area contributed by atoms with E-state index in [1.807, 2.05) is 6.07 Å². The average Bonchev–Trinajstić information content (AvgIpc) is 2.29. The van der Waals surface area contributed by atoms with E-state index in [1.54, 1.807) is 37.3 Å². The summed E-state index contributed by atoms with van der Waals surface area (Å²) in [6, 6.07) is 7.11. The first kappa shape index (κ1) is 12.8. The summed E-state index contributed by atoms with van der Waals surface area (Å²) in [5, 5.41) is 8.71. The number of nitrogen functional groups attached to an aromatic ring is 1. The number of benzene rings is 1. The monoisotopic (exact) mass is 230 g/mol. The van der Waals surface area contributed by atoms with Crippen LogP contribution in [0.25, 0.3) is 6.08 Å². The van der Waals surface area contributed by atoms with Gasteiger partial charge in [-0.3, -0.25) is 4.79 Å². The van der Waals surface area contributed by atoms with Crippen LogP contribution >= 0.6 is 0 Å². The van der Waals surface area contributed by atoms with E-state index >= 15 is 0 Å².